The molecular formula is C28H32N6O7. The Morgan fingerprint density at radius 2 is 1.20 bits per heavy atom. The van der Waals surface area contributed by atoms with Crippen LogP contribution in [0.1, 0.15) is 42.8 Å². The second kappa shape index (κ2) is 16.5. The monoisotopic (exact) mass is 564 g/mol. The molecule has 0 atom stereocenters. The van der Waals surface area contributed by atoms with Crippen molar-refractivity contribution in [3.63, 3.8) is 0 Å². The van der Waals surface area contributed by atoms with E-state index in [0.717, 1.165) is 69.7 Å². The van der Waals surface area contributed by atoms with Gasteiger partial charge in [-0.05, 0) is 62.1 Å². The first kappa shape index (κ1) is 30.9. The number of aromatic nitrogens is 3. The molecule has 0 amide bonds. The molecule has 13 heteroatoms. The van der Waals surface area contributed by atoms with Crippen molar-refractivity contribution < 1.29 is 24.4 Å². The Balaban J connectivity index is 0.000000172. The second-order valence-electron chi connectivity index (χ2n) is 8.97. The highest BCUT2D eigenvalue weighted by Gasteiger charge is 2.08. The van der Waals surface area contributed by atoms with E-state index >= 15 is 0 Å². The topological polar surface area (TPSA) is 190 Å². The molecule has 13 nitrogen and oxygen atoms in total. The van der Waals surface area contributed by atoms with E-state index in [9.17, 15) is 20.2 Å². The molecule has 216 valence electrons. The van der Waals surface area contributed by atoms with Crippen LogP contribution in [0.25, 0.3) is 12.2 Å². The highest BCUT2D eigenvalue weighted by molar-refractivity contribution is 5.52. The summed E-state index contributed by atoms with van der Waals surface area (Å²) in [5.41, 5.74) is 11.1. The van der Waals surface area contributed by atoms with Gasteiger partial charge >= 0.3 is 0 Å². The molecule has 5 rings (SSSR count). The number of nitrogen functional groups attached to an aromatic ring is 1. The minimum absolute atomic E-state index is 0.0223. The van der Waals surface area contributed by atoms with Crippen LogP contribution in [-0.2, 0) is 16.1 Å². The first-order chi connectivity index (χ1) is 19.8. The van der Waals surface area contributed by atoms with E-state index in [4.69, 9.17) is 20.3 Å². The van der Waals surface area contributed by atoms with Gasteiger partial charge in [-0.2, -0.15) is 0 Å². The van der Waals surface area contributed by atoms with Crippen molar-refractivity contribution in [3.05, 3.63) is 103 Å². The molecule has 2 aliphatic heterocycles. The van der Waals surface area contributed by atoms with Gasteiger partial charge in [0.1, 0.15) is 12.4 Å². The molecule has 0 bridgehead atoms. The number of aliphatic hydroxyl groups is 1. The highest BCUT2D eigenvalue weighted by atomic mass is 16.6. The summed E-state index contributed by atoms with van der Waals surface area (Å²) in [6, 6.07) is 9.67. The Morgan fingerprint density at radius 1 is 0.732 bits per heavy atom. The van der Waals surface area contributed by atoms with Crippen molar-refractivity contribution in [1.29, 1.82) is 0 Å². The summed E-state index contributed by atoms with van der Waals surface area (Å²) in [6.45, 7) is 2.97. The van der Waals surface area contributed by atoms with E-state index in [-0.39, 0.29) is 18.0 Å². The third kappa shape index (κ3) is 11.2. The fourth-order valence-corrected chi connectivity index (χ4v) is 3.69. The molecule has 3 aromatic heterocycles. The van der Waals surface area contributed by atoms with E-state index in [1.165, 1.54) is 35.5 Å². The summed E-state index contributed by atoms with van der Waals surface area (Å²) in [6.07, 6.45) is 12.1. The number of aliphatic hydroxyl groups excluding tert-OH is 1. The molecule has 3 N–H and O–H groups in total. The number of hydrogen-bond acceptors (Lipinski definition) is 11. The Labute approximate surface area is 236 Å². The van der Waals surface area contributed by atoms with Crippen LogP contribution in [0.15, 0.2) is 66.1 Å². The Bertz CT molecular complexity index is 1310. The van der Waals surface area contributed by atoms with Gasteiger partial charge in [0.05, 0.1) is 71.8 Å². The van der Waals surface area contributed by atoms with Crippen molar-refractivity contribution in [3.8, 4) is 0 Å². The number of rotatable bonds is 5. The van der Waals surface area contributed by atoms with Crippen LogP contribution in [0.5, 0.6) is 0 Å². The van der Waals surface area contributed by atoms with Gasteiger partial charge in [-0.3, -0.25) is 30.2 Å². The molecule has 0 radical (unpaired) electrons. The van der Waals surface area contributed by atoms with Crippen molar-refractivity contribution in [2.45, 2.75) is 32.3 Å². The van der Waals surface area contributed by atoms with Crippen molar-refractivity contribution in [2.75, 3.05) is 32.2 Å². The van der Waals surface area contributed by atoms with Crippen molar-refractivity contribution in [1.82, 2.24) is 15.0 Å². The Hall–Kier alpha value is -4.59. The lowest BCUT2D eigenvalue weighted by Crippen LogP contribution is -2.07. The average molecular weight is 565 g/mol. The smallest absolute Gasteiger partial charge is 0.287 e. The molecule has 5 heterocycles. The van der Waals surface area contributed by atoms with Gasteiger partial charge in [0.15, 0.2) is 0 Å². The minimum Gasteiger partial charge on any atom is -0.397 e. The molecule has 0 spiro atoms. The molecule has 2 saturated heterocycles. The molecule has 0 saturated carbocycles. The summed E-state index contributed by atoms with van der Waals surface area (Å²) in [7, 11) is 0. The molecule has 41 heavy (non-hydrogen) atoms. The van der Waals surface area contributed by atoms with Gasteiger partial charge in [-0.15, -0.1) is 0 Å². The van der Waals surface area contributed by atoms with Gasteiger partial charge in [0.2, 0.25) is 0 Å². The number of hydrogen-bond donors (Lipinski definition) is 2. The number of ether oxygens (including phenoxy) is 2. The van der Waals surface area contributed by atoms with Crippen LogP contribution in [0.3, 0.4) is 0 Å². The summed E-state index contributed by atoms with van der Waals surface area (Å²) in [5.74, 6) is 0. The summed E-state index contributed by atoms with van der Waals surface area (Å²) in [4.78, 5) is 31.5. The number of nitro groups is 2. The Morgan fingerprint density at radius 3 is 1.56 bits per heavy atom. The highest BCUT2D eigenvalue weighted by Crippen LogP contribution is 2.18. The van der Waals surface area contributed by atoms with Crippen LogP contribution < -0.4 is 5.73 Å². The second-order valence-corrected chi connectivity index (χ2v) is 8.97. The fourth-order valence-electron chi connectivity index (χ4n) is 3.69. The maximum absolute atomic E-state index is 10.4. The molecule has 2 fully saturated rings. The van der Waals surface area contributed by atoms with Crippen LogP contribution in [0.2, 0.25) is 0 Å². The summed E-state index contributed by atoms with van der Waals surface area (Å²) < 4.78 is 10.5. The third-order valence-corrected chi connectivity index (χ3v) is 5.95. The number of pyridine rings is 3. The largest absolute Gasteiger partial charge is 0.397 e. The molecule has 0 aliphatic carbocycles. The maximum Gasteiger partial charge on any atom is 0.287 e. The minimum atomic E-state index is -0.534. The van der Waals surface area contributed by atoms with Gasteiger partial charge in [0.25, 0.3) is 11.4 Å². The van der Waals surface area contributed by atoms with Crippen LogP contribution in [0.4, 0.5) is 17.1 Å². The zero-order valence-corrected chi connectivity index (χ0v) is 22.4. The number of anilines is 1. The lowest BCUT2D eigenvalue weighted by atomic mass is 10.1. The maximum atomic E-state index is 10.4. The molecular weight excluding hydrogens is 532 g/mol. The first-order valence-corrected chi connectivity index (χ1v) is 12.9. The summed E-state index contributed by atoms with van der Waals surface area (Å²) in [5, 5.41) is 29.1. The third-order valence-electron chi connectivity index (χ3n) is 5.95. The first-order valence-electron chi connectivity index (χ1n) is 12.9. The van der Waals surface area contributed by atoms with Crippen molar-refractivity contribution >= 4 is 29.2 Å². The SMILES string of the molecule is Nc1ccc(C=C2CCOCC2)nc1.O=[N+]([O-])c1ccc(C=C2CCOCC2)nc1.O=[N+]([O-])c1ccc(CO)nc1. The number of nitrogens with two attached hydrogens (primary N) is 1. The fraction of sp³-hybridized carbons (Fsp3) is 0.321. The molecule has 3 aromatic rings. The Kier molecular flexibility index (Phi) is 12.5. The number of nitrogens with zero attached hydrogens (tertiary/aromatic N) is 5. The van der Waals surface area contributed by atoms with Gasteiger partial charge in [-0.25, -0.2) is 4.98 Å². The van der Waals surface area contributed by atoms with Crippen molar-refractivity contribution in [2.24, 2.45) is 0 Å². The van der Waals surface area contributed by atoms with E-state index < -0.39 is 9.85 Å². The normalized spacial score (nSPS) is 14.5. The van der Waals surface area contributed by atoms with E-state index in [2.05, 4.69) is 21.0 Å². The van der Waals surface area contributed by atoms with Gasteiger partial charge in [0, 0.05) is 12.1 Å². The predicted octanol–water partition coefficient (Wildman–Crippen LogP) is 4.52. The van der Waals surface area contributed by atoms with Crippen LogP contribution >= 0.6 is 0 Å². The standard InChI is InChI=1S/C11H12N2O3.C11H14N2O.C6H6N2O3/c14-13(15)11-2-1-10(12-8-11)7-9-3-5-16-6-4-9;12-10-1-2-11(13-8-10)7-9-3-5-14-6-4-9;9-4-5-1-2-6(3-7-5)8(10)11/h1-2,7-8H,3-6H2;1-2,7-8H,3-6,12H2;1-3,9H,4H2. The zero-order valence-electron chi connectivity index (χ0n) is 22.4. The molecule has 0 unspecified atom stereocenters. The van der Waals surface area contributed by atoms with Crippen LogP contribution in [-0.4, -0.2) is 56.3 Å². The van der Waals surface area contributed by atoms with Gasteiger partial charge in [-0.1, -0.05) is 11.1 Å². The zero-order chi connectivity index (χ0) is 29.5. The van der Waals surface area contributed by atoms with E-state index in [0.29, 0.717) is 11.4 Å². The van der Waals surface area contributed by atoms with Gasteiger partial charge < -0.3 is 20.3 Å². The van der Waals surface area contributed by atoms with E-state index in [1.807, 2.05) is 18.2 Å². The molecule has 0 aromatic carbocycles. The lowest BCUT2D eigenvalue weighted by Gasteiger charge is -2.14. The lowest BCUT2D eigenvalue weighted by molar-refractivity contribution is -0.385. The average Bonchev–Trinajstić information content (AvgIpc) is 3.00. The predicted molar refractivity (Wildman–Crippen MR) is 152 cm³/mol. The molecule has 2 aliphatic rings. The van der Waals surface area contributed by atoms with Crippen LogP contribution in [0, 0.1) is 20.2 Å². The quantitative estimate of drug-likeness (QED) is 0.327. The summed E-state index contributed by atoms with van der Waals surface area (Å²) >= 11 is 0. The van der Waals surface area contributed by atoms with E-state index in [1.54, 1.807) is 12.3 Å².